The highest BCUT2D eigenvalue weighted by molar-refractivity contribution is 6.19. The van der Waals surface area contributed by atoms with Gasteiger partial charge in [0.15, 0.2) is 5.78 Å². The van der Waals surface area contributed by atoms with Gasteiger partial charge in [0.05, 0.1) is 11.1 Å². The number of carbonyl (C=O) groups excluding carboxylic acids is 1. The maximum atomic E-state index is 14.1. The van der Waals surface area contributed by atoms with E-state index in [1.165, 1.54) is 12.1 Å². The molecule has 0 fully saturated rings. The number of rotatable bonds is 3. The van der Waals surface area contributed by atoms with Crippen LogP contribution in [0.25, 0.3) is 10.8 Å². The van der Waals surface area contributed by atoms with Crippen LogP contribution in [-0.4, -0.2) is 16.9 Å². The Kier molecular flexibility index (Phi) is 3.43. The number of aromatic carboxylic acids is 1. The summed E-state index contributed by atoms with van der Waals surface area (Å²) < 4.78 is 14.1. The smallest absolute Gasteiger partial charge is 0.336 e. The van der Waals surface area contributed by atoms with Crippen LogP contribution in [0.3, 0.4) is 0 Å². The van der Waals surface area contributed by atoms with Gasteiger partial charge in [-0.05, 0) is 22.9 Å². The van der Waals surface area contributed by atoms with Gasteiger partial charge in [-0.1, -0.05) is 48.5 Å². The van der Waals surface area contributed by atoms with Crippen molar-refractivity contribution in [2.24, 2.45) is 0 Å². The van der Waals surface area contributed by atoms with Crippen LogP contribution >= 0.6 is 0 Å². The molecular weight excluding hydrogens is 283 g/mol. The molecule has 4 heteroatoms. The number of carboxylic acids is 1. The van der Waals surface area contributed by atoms with Crippen LogP contribution in [0.5, 0.6) is 0 Å². The average molecular weight is 294 g/mol. The fourth-order valence-corrected chi connectivity index (χ4v) is 2.49. The number of ketones is 1. The lowest BCUT2D eigenvalue weighted by molar-refractivity contribution is 0.0692. The summed E-state index contributed by atoms with van der Waals surface area (Å²) in [6.07, 6.45) is 0. The van der Waals surface area contributed by atoms with Gasteiger partial charge in [-0.25, -0.2) is 9.18 Å². The molecule has 3 nitrogen and oxygen atoms in total. The highest BCUT2D eigenvalue weighted by atomic mass is 19.1. The Balaban J connectivity index is 2.25. The van der Waals surface area contributed by atoms with Gasteiger partial charge >= 0.3 is 5.97 Å². The second kappa shape index (κ2) is 5.41. The van der Waals surface area contributed by atoms with Crippen LogP contribution in [0.15, 0.2) is 60.7 Å². The third kappa shape index (κ3) is 2.24. The fraction of sp³-hybridized carbons (Fsp3) is 0. The van der Waals surface area contributed by atoms with E-state index in [4.69, 9.17) is 0 Å². The molecule has 0 heterocycles. The molecule has 0 atom stereocenters. The highest BCUT2D eigenvalue weighted by Gasteiger charge is 2.23. The Bertz CT molecular complexity index is 894. The van der Waals surface area contributed by atoms with Crippen molar-refractivity contribution < 1.29 is 19.1 Å². The molecule has 3 aromatic rings. The Hall–Kier alpha value is -3.01. The molecule has 0 aromatic heterocycles. The van der Waals surface area contributed by atoms with Crippen molar-refractivity contribution in [1.29, 1.82) is 0 Å². The standard InChI is InChI=1S/C18H11FO3/c19-15-10-4-9-14(18(21)22)16(15)17(20)13-8-3-6-11-5-1-2-7-12(11)13/h1-10H,(H,21,22). The van der Waals surface area contributed by atoms with Gasteiger partial charge in [-0.15, -0.1) is 0 Å². The summed E-state index contributed by atoms with van der Waals surface area (Å²) in [6, 6.07) is 15.9. The molecule has 3 aromatic carbocycles. The lowest BCUT2D eigenvalue weighted by Crippen LogP contribution is -2.12. The van der Waals surface area contributed by atoms with E-state index >= 15 is 0 Å². The highest BCUT2D eigenvalue weighted by Crippen LogP contribution is 2.24. The van der Waals surface area contributed by atoms with Crippen LogP contribution in [0, 0.1) is 5.82 Å². The van der Waals surface area contributed by atoms with Crippen molar-refractivity contribution in [1.82, 2.24) is 0 Å². The van der Waals surface area contributed by atoms with E-state index in [-0.39, 0.29) is 11.1 Å². The lowest BCUT2D eigenvalue weighted by atomic mass is 9.94. The molecule has 108 valence electrons. The van der Waals surface area contributed by atoms with Crippen LogP contribution in [0.1, 0.15) is 26.3 Å². The minimum atomic E-state index is -1.33. The minimum Gasteiger partial charge on any atom is -0.478 e. The van der Waals surface area contributed by atoms with Crippen molar-refractivity contribution in [2.75, 3.05) is 0 Å². The van der Waals surface area contributed by atoms with Gasteiger partial charge in [0.1, 0.15) is 5.82 Å². The zero-order valence-corrected chi connectivity index (χ0v) is 11.4. The summed E-state index contributed by atoms with van der Waals surface area (Å²) in [7, 11) is 0. The Morgan fingerprint density at radius 2 is 1.45 bits per heavy atom. The molecule has 0 spiro atoms. The summed E-state index contributed by atoms with van der Waals surface area (Å²) in [6.45, 7) is 0. The molecule has 0 radical (unpaired) electrons. The second-order valence-electron chi connectivity index (χ2n) is 4.82. The van der Waals surface area contributed by atoms with E-state index in [1.54, 1.807) is 24.3 Å². The molecule has 0 amide bonds. The van der Waals surface area contributed by atoms with Crippen molar-refractivity contribution in [2.45, 2.75) is 0 Å². The van der Waals surface area contributed by atoms with Crippen molar-refractivity contribution >= 4 is 22.5 Å². The van der Waals surface area contributed by atoms with Crippen molar-refractivity contribution in [3.05, 3.63) is 83.2 Å². The number of carbonyl (C=O) groups is 2. The second-order valence-corrected chi connectivity index (χ2v) is 4.82. The zero-order valence-electron chi connectivity index (χ0n) is 11.4. The monoisotopic (exact) mass is 294 g/mol. The fourth-order valence-electron chi connectivity index (χ4n) is 2.49. The first-order chi connectivity index (χ1) is 10.6. The Morgan fingerprint density at radius 1 is 0.818 bits per heavy atom. The Labute approximate surface area is 125 Å². The third-order valence-electron chi connectivity index (χ3n) is 3.51. The largest absolute Gasteiger partial charge is 0.478 e. The van der Waals surface area contributed by atoms with Gasteiger partial charge < -0.3 is 5.11 Å². The first-order valence-electron chi connectivity index (χ1n) is 6.64. The molecule has 0 aliphatic rings. The van der Waals surface area contributed by atoms with E-state index in [0.29, 0.717) is 5.39 Å². The van der Waals surface area contributed by atoms with Crippen molar-refractivity contribution in [3.8, 4) is 0 Å². The normalized spacial score (nSPS) is 10.6. The predicted octanol–water partition coefficient (Wildman–Crippen LogP) is 3.91. The van der Waals surface area contributed by atoms with Crippen molar-refractivity contribution in [3.63, 3.8) is 0 Å². The molecule has 0 aliphatic heterocycles. The number of hydrogen-bond acceptors (Lipinski definition) is 2. The molecule has 0 saturated heterocycles. The lowest BCUT2D eigenvalue weighted by Gasteiger charge is -2.09. The summed E-state index contributed by atoms with van der Waals surface area (Å²) >= 11 is 0. The first kappa shape index (κ1) is 13.9. The summed E-state index contributed by atoms with van der Waals surface area (Å²) in [5, 5.41) is 10.7. The molecule has 3 rings (SSSR count). The van der Waals surface area contributed by atoms with Crippen LogP contribution < -0.4 is 0 Å². The summed E-state index contributed by atoms with van der Waals surface area (Å²) in [5.41, 5.74) is -0.463. The topological polar surface area (TPSA) is 54.4 Å². The van der Waals surface area contributed by atoms with E-state index in [9.17, 15) is 19.1 Å². The quantitative estimate of drug-likeness (QED) is 0.745. The molecule has 22 heavy (non-hydrogen) atoms. The molecule has 1 N–H and O–H groups in total. The Morgan fingerprint density at radius 3 is 2.23 bits per heavy atom. The summed E-state index contributed by atoms with van der Waals surface area (Å²) in [4.78, 5) is 24.0. The predicted molar refractivity (Wildman–Crippen MR) is 80.7 cm³/mol. The SMILES string of the molecule is O=C(O)c1cccc(F)c1C(=O)c1cccc2ccccc12. The molecule has 0 unspecified atom stereocenters. The summed E-state index contributed by atoms with van der Waals surface area (Å²) in [5.74, 6) is -2.80. The van der Waals surface area contributed by atoms with E-state index in [0.717, 1.165) is 11.5 Å². The molecule has 0 saturated carbocycles. The number of hydrogen-bond donors (Lipinski definition) is 1. The number of carboxylic acid groups (broad SMARTS) is 1. The van der Waals surface area contributed by atoms with Gasteiger partial charge in [0.25, 0.3) is 0 Å². The average Bonchev–Trinajstić information content (AvgIpc) is 2.53. The first-order valence-corrected chi connectivity index (χ1v) is 6.64. The van der Waals surface area contributed by atoms with E-state index in [2.05, 4.69) is 0 Å². The van der Waals surface area contributed by atoms with Crippen LogP contribution in [-0.2, 0) is 0 Å². The van der Waals surface area contributed by atoms with E-state index in [1.807, 2.05) is 18.2 Å². The molecule has 0 bridgehead atoms. The maximum Gasteiger partial charge on any atom is 0.336 e. The maximum absolute atomic E-state index is 14.1. The minimum absolute atomic E-state index is 0.283. The van der Waals surface area contributed by atoms with Gasteiger partial charge in [-0.2, -0.15) is 0 Å². The van der Waals surface area contributed by atoms with Gasteiger partial charge in [0, 0.05) is 5.56 Å². The van der Waals surface area contributed by atoms with Crippen LogP contribution in [0.4, 0.5) is 4.39 Å². The van der Waals surface area contributed by atoms with Gasteiger partial charge in [-0.3, -0.25) is 4.79 Å². The number of fused-ring (bicyclic) bond motifs is 1. The molecular formula is C18H11FO3. The third-order valence-corrected chi connectivity index (χ3v) is 3.51. The van der Waals surface area contributed by atoms with Crippen LogP contribution in [0.2, 0.25) is 0 Å². The number of benzene rings is 3. The van der Waals surface area contributed by atoms with Gasteiger partial charge in [0.2, 0.25) is 0 Å². The number of halogens is 1. The van der Waals surface area contributed by atoms with E-state index < -0.39 is 23.1 Å². The molecule has 0 aliphatic carbocycles. The zero-order chi connectivity index (χ0) is 15.7.